The molecule has 118 valence electrons. The van der Waals surface area contributed by atoms with Crippen LogP contribution in [0, 0.1) is 5.92 Å². The Morgan fingerprint density at radius 2 is 1.75 bits per heavy atom. The van der Waals surface area contributed by atoms with Gasteiger partial charge in [0.05, 0.1) is 0 Å². The van der Waals surface area contributed by atoms with Crippen molar-refractivity contribution in [2.75, 3.05) is 19.6 Å². The molecule has 0 saturated heterocycles. The molecule has 2 aliphatic rings. The fourth-order valence-electron chi connectivity index (χ4n) is 3.73. The quantitative estimate of drug-likeness (QED) is 0.637. The summed E-state index contributed by atoms with van der Waals surface area (Å²) in [7, 11) is 0. The Bertz CT molecular complexity index is 250. The second-order valence-corrected chi connectivity index (χ2v) is 7.04. The summed E-state index contributed by atoms with van der Waals surface area (Å²) in [5.41, 5.74) is 0. The van der Waals surface area contributed by atoms with E-state index < -0.39 is 0 Å². The molecule has 0 aromatic rings. The third kappa shape index (κ3) is 5.37. The van der Waals surface area contributed by atoms with E-state index in [1.807, 2.05) is 0 Å². The highest BCUT2D eigenvalue weighted by atomic mass is 15.2. The Morgan fingerprint density at radius 1 is 0.950 bits per heavy atom. The van der Waals surface area contributed by atoms with E-state index in [9.17, 15) is 0 Å². The Balaban J connectivity index is 1.86. The predicted molar refractivity (Wildman–Crippen MR) is 88.2 cm³/mol. The van der Waals surface area contributed by atoms with Crippen molar-refractivity contribution in [3.63, 3.8) is 0 Å². The van der Waals surface area contributed by atoms with Gasteiger partial charge in [0.1, 0.15) is 0 Å². The molecule has 2 heteroatoms. The molecular weight excluding hydrogens is 244 g/mol. The summed E-state index contributed by atoms with van der Waals surface area (Å²) in [6.45, 7) is 8.53. The van der Waals surface area contributed by atoms with E-state index in [0.29, 0.717) is 0 Å². The summed E-state index contributed by atoms with van der Waals surface area (Å²) in [4.78, 5) is 2.83. The number of hydrogen-bond donors (Lipinski definition) is 1. The highest BCUT2D eigenvalue weighted by Crippen LogP contribution is 2.31. The fourth-order valence-corrected chi connectivity index (χ4v) is 3.73. The van der Waals surface area contributed by atoms with Crippen LogP contribution in [0.3, 0.4) is 0 Å². The van der Waals surface area contributed by atoms with Crippen molar-refractivity contribution in [2.45, 2.75) is 90.1 Å². The van der Waals surface area contributed by atoms with Crippen molar-refractivity contribution in [1.29, 1.82) is 0 Å². The molecule has 0 heterocycles. The first-order valence-corrected chi connectivity index (χ1v) is 9.32. The van der Waals surface area contributed by atoms with Crippen molar-refractivity contribution >= 4 is 0 Å². The van der Waals surface area contributed by atoms with E-state index in [4.69, 9.17) is 0 Å². The molecule has 20 heavy (non-hydrogen) atoms. The Morgan fingerprint density at radius 3 is 2.45 bits per heavy atom. The number of unbranched alkanes of at least 4 members (excludes halogenated alkanes) is 1. The summed E-state index contributed by atoms with van der Waals surface area (Å²) in [5.74, 6) is 0.904. The summed E-state index contributed by atoms with van der Waals surface area (Å²) < 4.78 is 0. The van der Waals surface area contributed by atoms with E-state index >= 15 is 0 Å². The third-order valence-electron chi connectivity index (χ3n) is 5.15. The molecule has 0 amide bonds. The van der Waals surface area contributed by atoms with Gasteiger partial charge in [-0.1, -0.05) is 39.5 Å². The molecule has 2 unspecified atom stereocenters. The molecule has 2 rings (SSSR count). The fraction of sp³-hybridized carbons (Fsp3) is 1.00. The van der Waals surface area contributed by atoms with Crippen LogP contribution in [-0.4, -0.2) is 36.6 Å². The first-order valence-electron chi connectivity index (χ1n) is 9.32. The van der Waals surface area contributed by atoms with Gasteiger partial charge in [0.2, 0.25) is 0 Å². The van der Waals surface area contributed by atoms with Crippen LogP contribution in [0.1, 0.15) is 78.1 Å². The van der Waals surface area contributed by atoms with Gasteiger partial charge in [-0.15, -0.1) is 0 Å². The normalized spacial score (nSPS) is 27.8. The lowest BCUT2D eigenvalue weighted by molar-refractivity contribution is 0.184. The molecule has 2 nitrogen and oxygen atoms in total. The average Bonchev–Trinajstić information content (AvgIpc) is 3.29. The second-order valence-electron chi connectivity index (χ2n) is 7.04. The van der Waals surface area contributed by atoms with Gasteiger partial charge < -0.3 is 10.2 Å². The molecule has 2 aliphatic carbocycles. The van der Waals surface area contributed by atoms with Gasteiger partial charge in [0.25, 0.3) is 0 Å². The number of nitrogens with zero attached hydrogens (tertiary/aromatic N) is 1. The monoisotopic (exact) mass is 280 g/mol. The minimum absolute atomic E-state index is 0.792. The van der Waals surface area contributed by atoms with Crippen molar-refractivity contribution in [3.05, 3.63) is 0 Å². The lowest BCUT2D eigenvalue weighted by Gasteiger charge is -2.32. The van der Waals surface area contributed by atoms with Crippen LogP contribution in [0.5, 0.6) is 0 Å². The highest BCUT2D eigenvalue weighted by molar-refractivity contribution is 4.89. The van der Waals surface area contributed by atoms with Gasteiger partial charge in [-0.3, -0.25) is 0 Å². The molecule has 0 aliphatic heterocycles. The van der Waals surface area contributed by atoms with Crippen LogP contribution in [0.25, 0.3) is 0 Å². The maximum atomic E-state index is 3.86. The molecule has 0 radical (unpaired) electrons. The van der Waals surface area contributed by atoms with Gasteiger partial charge in [-0.25, -0.2) is 0 Å². The van der Waals surface area contributed by atoms with Gasteiger partial charge in [-0.2, -0.15) is 0 Å². The second kappa shape index (κ2) is 9.04. The molecule has 0 aromatic heterocycles. The number of nitrogens with one attached hydrogen (secondary N) is 1. The zero-order valence-corrected chi connectivity index (χ0v) is 13.9. The lowest BCUT2D eigenvalue weighted by atomic mass is 9.93. The van der Waals surface area contributed by atoms with Crippen molar-refractivity contribution in [3.8, 4) is 0 Å². The predicted octanol–water partition coefficient (Wildman–Crippen LogP) is 4.20. The first-order chi connectivity index (χ1) is 9.85. The summed E-state index contributed by atoms with van der Waals surface area (Å²) in [6.07, 6.45) is 14.1. The molecule has 0 spiro atoms. The molecule has 2 saturated carbocycles. The van der Waals surface area contributed by atoms with E-state index in [1.54, 1.807) is 0 Å². The molecule has 2 atom stereocenters. The SMILES string of the molecule is CCCCN(CC1CCCCCC1NCCC)C1CC1. The van der Waals surface area contributed by atoms with Gasteiger partial charge in [0, 0.05) is 18.6 Å². The zero-order valence-electron chi connectivity index (χ0n) is 13.9. The zero-order chi connectivity index (χ0) is 14.2. The van der Waals surface area contributed by atoms with Crippen LogP contribution in [0.15, 0.2) is 0 Å². The Hall–Kier alpha value is -0.0800. The van der Waals surface area contributed by atoms with Gasteiger partial charge in [-0.05, 0) is 57.5 Å². The topological polar surface area (TPSA) is 15.3 Å². The van der Waals surface area contributed by atoms with Crippen LogP contribution in [0.4, 0.5) is 0 Å². The first kappa shape index (κ1) is 16.3. The average molecular weight is 280 g/mol. The minimum Gasteiger partial charge on any atom is -0.314 e. The smallest absolute Gasteiger partial charge is 0.0107 e. The summed E-state index contributed by atoms with van der Waals surface area (Å²) >= 11 is 0. The molecule has 0 aromatic carbocycles. The maximum Gasteiger partial charge on any atom is 0.0107 e. The molecular formula is C18H36N2. The van der Waals surface area contributed by atoms with Gasteiger partial charge in [0.15, 0.2) is 0 Å². The standard InChI is InChI=1S/C18H36N2/c1-3-5-14-20(17-11-12-17)15-16-9-7-6-8-10-18(16)19-13-4-2/h16-19H,3-15H2,1-2H3. The van der Waals surface area contributed by atoms with E-state index in [0.717, 1.165) is 18.0 Å². The molecule has 2 fully saturated rings. The van der Waals surface area contributed by atoms with Gasteiger partial charge >= 0.3 is 0 Å². The minimum atomic E-state index is 0.792. The number of rotatable bonds is 9. The maximum absolute atomic E-state index is 3.86. The van der Waals surface area contributed by atoms with E-state index in [1.165, 1.54) is 83.8 Å². The number of hydrogen-bond acceptors (Lipinski definition) is 2. The third-order valence-corrected chi connectivity index (χ3v) is 5.15. The highest BCUT2D eigenvalue weighted by Gasteiger charge is 2.32. The lowest BCUT2D eigenvalue weighted by Crippen LogP contribution is -2.43. The molecule has 0 bridgehead atoms. The van der Waals surface area contributed by atoms with E-state index in [-0.39, 0.29) is 0 Å². The molecule has 1 N–H and O–H groups in total. The van der Waals surface area contributed by atoms with E-state index in [2.05, 4.69) is 24.1 Å². The van der Waals surface area contributed by atoms with Crippen molar-refractivity contribution in [1.82, 2.24) is 10.2 Å². The van der Waals surface area contributed by atoms with Crippen LogP contribution < -0.4 is 5.32 Å². The van der Waals surface area contributed by atoms with Crippen molar-refractivity contribution in [2.24, 2.45) is 5.92 Å². The Kier molecular flexibility index (Phi) is 7.37. The van der Waals surface area contributed by atoms with Crippen LogP contribution in [-0.2, 0) is 0 Å². The summed E-state index contributed by atoms with van der Waals surface area (Å²) in [6, 6.07) is 1.73. The largest absolute Gasteiger partial charge is 0.314 e. The van der Waals surface area contributed by atoms with Crippen molar-refractivity contribution < 1.29 is 0 Å². The van der Waals surface area contributed by atoms with Crippen LogP contribution >= 0.6 is 0 Å². The summed E-state index contributed by atoms with van der Waals surface area (Å²) in [5, 5.41) is 3.86. The van der Waals surface area contributed by atoms with Crippen LogP contribution in [0.2, 0.25) is 0 Å². The Labute approximate surface area is 126 Å².